The van der Waals surface area contributed by atoms with E-state index in [0.717, 1.165) is 22.5 Å². The van der Waals surface area contributed by atoms with E-state index in [1.165, 1.54) is 6.26 Å². The van der Waals surface area contributed by atoms with Gasteiger partial charge in [0.1, 0.15) is 0 Å². The molecule has 1 heterocycles. The minimum absolute atomic E-state index is 0.0251. The molecule has 0 unspecified atom stereocenters. The third-order valence-corrected chi connectivity index (χ3v) is 5.62. The highest BCUT2D eigenvalue weighted by molar-refractivity contribution is 7.90. The van der Waals surface area contributed by atoms with Crippen molar-refractivity contribution in [3.63, 3.8) is 0 Å². The van der Waals surface area contributed by atoms with Gasteiger partial charge in [0, 0.05) is 18.4 Å². The molecule has 31 heavy (non-hydrogen) atoms. The average molecular weight is 445 g/mol. The molecule has 10 heteroatoms. The fourth-order valence-corrected chi connectivity index (χ4v) is 3.57. The molecule has 0 radical (unpaired) electrons. The summed E-state index contributed by atoms with van der Waals surface area (Å²) in [5, 5.41) is 14.0. The first-order valence-corrected chi connectivity index (χ1v) is 11.4. The molecule has 0 N–H and O–H groups in total. The molecular weight excluding hydrogens is 422 g/mol. The molecule has 2 aromatic carbocycles. The van der Waals surface area contributed by atoms with Crippen LogP contribution in [0, 0.1) is 17.0 Å². The standard InChI is InChI=1S/C21H23N3O6S/c1-16-4-8-19(9-5-16)23-21(17-6-10-20(11-7-17)31(2,27)28)14-18(22-23)15-29-12-3-13-30-24(25)26/h4-11,14H,3,12-13,15H2,1-2H3. The quantitative estimate of drug-likeness (QED) is 0.267. The van der Waals surface area contributed by atoms with E-state index in [2.05, 4.69) is 9.94 Å². The summed E-state index contributed by atoms with van der Waals surface area (Å²) in [4.78, 5) is 14.7. The van der Waals surface area contributed by atoms with Crippen LogP contribution in [0.3, 0.4) is 0 Å². The van der Waals surface area contributed by atoms with E-state index in [0.29, 0.717) is 18.7 Å². The summed E-state index contributed by atoms with van der Waals surface area (Å²) < 4.78 is 30.9. The predicted octanol–water partition coefficient (Wildman–Crippen LogP) is 3.37. The zero-order valence-corrected chi connectivity index (χ0v) is 18.0. The van der Waals surface area contributed by atoms with E-state index < -0.39 is 14.9 Å². The monoisotopic (exact) mass is 445 g/mol. The minimum Gasteiger partial charge on any atom is -0.375 e. The molecule has 0 spiro atoms. The maximum Gasteiger partial charge on any atom is 0.294 e. The van der Waals surface area contributed by atoms with Gasteiger partial charge in [0.2, 0.25) is 0 Å². The van der Waals surface area contributed by atoms with Gasteiger partial charge in [0.25, 0.3) is 5.09 Å². The highest BCUT2D eigenvalue weighted by atomic mass is 32.2. The first-order valence-electron chi connectivity index (χ1n) is 9.55. The summed E-state index contributed by atoms with van der Waals surface area (Å²) in [7, 11) is -3.28. The topological polar surface area (TPSA) is 114 Å². The first kappa shape index (κ1) is 22.4. The average Bonchev–Trinajstić information content (AvgIpc) is 3.14. The zero-order valence-electron chi connectivity index (χ0n) is 17.2. The molecular formula is C21H23N3O6S. The van der Waals surface area contributed by atoms with Crippen LogP contribution in [-0.2, 0) is 26.0 Å². The number of hydrogen-bond acceptors (Lipinski definition) is 7. The molecule has 164 valence electrons. The number of rotatable bonds is 10. The molecule has 0 saturated heterocycles. The number of aromatic nitrogens is 2. The third kappa shape index (κ3) is 6.12. The summed E-state index contributed by atoms with van der Waals surface area (Å²) in [5.41, 5.74) is 4.26. The zero-order chi connectivity index (χ0) is 22.4. The van der Waals surface area contributed by atoms with Crippen molar-refractivity contribution in [1.82, 2.24) is 9.78 Å². The number of ether oxygens (including phenoxy) is 1. The maximum atomic E-state index is 11.8. The molecule has 0 aliphatic heterocycles. The molecule has 1 aromatic heterocycles. The summed E-state index contributed by atoms with van der Waals surface area (Å²) in [6, 6.07) is 16.4. The number of aryl methyl sites for hydroxylation is 1. The Morgan fingerprint density at radius 2 is 1.74 bits per heavy atom. The Morgan fingerprint density at radius 3 is 2.35 bits per heavy atom. The van der Waals surface area contributed by atoms with Crippen molar-refractivity contribution in [2.45, 2.75) is 24.8 Å². The van der Waals surface area contributed by atoms with Crippen LogP contribution in [0.4, 0.5) is 0 Å². The smallest absolute Gasteiger partial charge is 0.294 e. The fraction of sp³-hybridized carbons (Fsp3) is 0.286. The van der Waals surface area contributed by atoms with Crippen molar-refractivity contribution in [1.29, 1.82) is 0 Å². The summed E-state index contributed by atoms with van der Waals surface area (Å²) in [5.74, 6) is 0. The summed E-state index contributed by atoms with van der Waals surface area (Å²) >= 11 is 0. The maximum absolute atomic E-state index is 11.8. The van der Waals surface area contributed by atoms with E-state index in [4.69, 9.17) is 4.74 Å². The third-order valence-electron chi connectivity index (χ3n) is 4.50. The lowest BCUT2D eigenvalue weighted by Gasteiger charge is -2.08. The number of benzene rings is 2. The van der Waals surface area contributed by atoms with Gasteiger partial charge in [-0.25, -0.2) is 13.1 Å². The molecule has 9 nitrogen and oxygen atoms in total. The van der Waals surface area contributed by atoms with Gasteiger partial charge in [0.15, 0.2) is 9.84 Å². The fourth-order valence-electron chi connectivity index (χ4n) is 2.94. The van der Waals surface area contributed by atoms with Crippen molar-refractivity contribution in [2.75, 3.05) is 19.5 Å². The van der Waals surface area contributed by atoms with Crippen molar-refractivity contribution in [3.05, 3.63) is 76.0 Å². The van der Waals surface area contributed by atoms with Crippen LogP contribution in [0.1, 0.15) is 17.7 Å². The van der Waals surface area contributed by atoms with E-state index in [1.807, 2.05) is 37.3 Å². The molecule has 0 aliphatic rings. The SMILES string of the molecule is Cc1ccc(-n2nc(COCCCO[N+](=O)[O-])cc2-c2ccc(S(C)(=O)=O)cc2)cc1. The molecule has 0 bridgehead atoms. The minimum atomic E-state index is -3.28. The van der Waals surface area contributed by atoms with Crippen LogP contribution in [-0.4, -0.2) is 42.8 Å². The molecule has 0 aliphatic carbocycles. The van der Waals surface area contributed by atoms with Crippen LogP contribution in [0.15, 0.2) is 59.5 Å². The second kappa shape index (κ2) is 9.71. The van der Waals surface area contributed by atoms with E-state index in [9.17, 15) is 18.5 Å². The predicted molar refractivity (Wildman–Crippen MR) is 114 cm³/mol. The van der Waals surface area contributed by atoms with Gasteiger partial charge < -0.3 is 9.57 Å². The summed E-state index contributed by atoms with van der Waals surface area (Å²) in [6.45, 7) is 2.50. The van der Waals surface area contributed by atoms with Crippen molar-refractivity contribution in [3.8, 4) is 16.9 Å². The normalized spacial score (nSPS) is 11.4. The van der Waals surface area contributed by atoms with Gasteiger partial charge >= 0.3 is 0 Å². The molecule has 0 amide bonds. The van der Waals surface area contributed by atoms with E-state index >= 15 is 0 Å². The van der Waals surface area contributed by atoms with Crippen LogP contribution < -0.4 is 0 Å². The lowest BCUT2D eigenvalue weighted by Crippen LogP contribution is -2.06. The molecule has 0 saturated carbocycles. The molecule has 3 rings (SSSR count). The Labute approximate surface area is 180 Å². The lowest BCUT2D eigenvalue weighted by atomic mass is 10.1. The highest BCUT2D eigenvalue weighted by Gasteiger charge is 2.14. The van der Waals surface area contributed by atoms with Crippen molar-refractivity contribution >= 4 is 9.84 Å². The van der Waals surface area contributed by atoms with Crippen LogP contribution in [0.2, 0.25) is 0 Å². The van der Waals surface area contributed by atoms with E-state index in [1.54, 1.807) is 28.9 Å². The second-order valence-corrected chi connectivity index (χ2v) is 9.04. The first-order chi connectivity index (χ1) is 14.7. The largest absolute Gasteiger partial charge is 0.375 e. The summed E-state index contributed by atoms with van der Waals surface area (Å²) in [6.07, 6.45) is 1.56. The second-order valence-electron chi connectivity index (χ2n) is 7.03. The highest BCUT2D eigenvalue weighted by Crippen LogP contribution is 2.26. The number of nitrogens with zero attached hydrogens (tertiary/aromatic N) is 3. The van der Waals surface area contributed by atoms with E-state index in [-0.39, 0.29) is 18.1 Å². The Balaban J connectivity index is 1.83. The Morgan fingerprint density at radius 1 is 1.06 bits per heavy atom. The number of sulfone groups is 1. The van der Waals surface area contributed by atoms with Crippen molar-refractivity contribution < 1.29 is 23.1 Å². The molecule has 3 aromatic rings. The Hall–Kier alpha value is -3.24. The van der Waals surface area contributed by atoms with Gasteiger partial charge in [-0.15, -0.1) is 10.1 Å². The van der Waals surface area contributed by atoms with Gasteiger partial charge in [-0.05, 0) is 43.7 Å². The van der Waals surface area contributed by atoms with Gasteiger partial charge in [0.05, 0.1) is 35.2 Å². The molecule has 0 fully saturated rings. The Kier molecular flexibility index (Phi) is 7.03. The Bertz CT molecular complexity index is 1140. The van der Waals surface area contributed by atoms with Crippen LogP contribution in [0.25, 0.3) is 16.9 Å². The van der Waals surface area contributed by atoms with Crippen LogP contribution in [0.5, 0.6) is 0 Å². The van der Waals surface area contributed by atoms with Gasteiger partial charge in [-0.1, -0.05) is 29.8 Å². The van der Waals surface area contributed by atoms with Gasteiger partial charge in [-0.2, -0.15) is 5.10 Å². The number of hydrogen-bond donors (Lipinski definition) is 0. The van der Waals surface area contributed by atoms with Crippen LogP contribution >= 0.6 is 0 Å². The lowest BCUT2D eigenvalue weighted by molar-refractivity contribution is -0.757. The van der Waals surface area contributed by atoms with Gasteiger partial charge in [-0.3, -0.25) is 0 Å². The van der Waals surface area contributed by atoms with Crippen molar-refractivity contribution in [2.24, 2.45) is 0 Å². The molecule has 0 atom stereocenters.